The Hall–Kier alpha value is -3.33. The lowest BCUT2D eigenvalue weighted by molar-refractivity contribution is -0.133. The second kappa shape index (κ2) is 10.8. The van der Waals surface area contributed by atoms with E-state index in [1.807, 2.05) is 38.1 Å². The maximum absolute atomic E-state index is 12.6. The summed E-state index contributed by atoms with van der Waals surface area (Å²) in [4.78, 5) is 30.9. The summed E-state index contributed by atoms with van der Waals surface area (Å²) in [6, 6.07) is 10.7. The van der Waals surface area contributed by atoms with Crippen LogP contribution in [-0.2, 0) is 21.8 Å². The highest BCUT2D eigenvalue weighted by atomic mass is 32.2. The van der Waals surface area contributed by atoms with E-state index in [9.17, 15) is 9.59 Å². The van der Waals surface area contributed by atoms with Crippen LogP contribution in [0.3, 0.4) is 0 Å². The third kappa shape index (κ3) is 5.67. The van der Waals surface area contributed by atoms with Gasteiger partial charge in [0, 0.05) is 36.7 Å². The minimum Gasteiger partial charge on any atom is -0.496 e. The van der Waals surface area contributed by atoms with E-state index in [0.29, 0.717) is 28.6 Å². The Labute approximate surface area is 190 Å². The largest absolute Gasteiger partial charge is 0.496 e. The summed E-state index contributed by atoms with van der Waals surface area (Å²) < 4.78 is 15.8. The van der Waals surface area contributed by atoms with Gasteiger partial charge in [-0.15, -0.1) is 11.8 Å². The number of thioether (sulfide) groups is 1. The van der Waals surface area contributed by atoms with Crippen molar-refractivity contribution in [1.82, 2.24) is 15.0 Å². The summed E-state index contributed by atoms with van der Waals surface area (Å²) in [7, 11) is 3.23. The summed E-state index contributed by atoms with van der Waals surface area (Å²) in [5.74, 6) is 1.06. The fourth-order valence-corrected chi connectivity index (χ4v) is 4.14. The van der Waals surface area contributed by atoms with Gasteiger partial charge >= 0.3 is 5.97 Å². The number of nitrogens with zero attached hydrogens (tertiary/aromatic N) is 3. The first-order valence-corrected chi connectivity index (χ1v) is 10.9. The number of methoxy groups -OCH3 is 1. The highest BCUT2D eigenvalue weighted by molar-refractivity contribution is 7.98. The molecule has 1 aromatic carbocycles. The van der Waals surface area contributed by atoms with Crippen LogP contribution in [0.25, 0.3) is 0 Å². The van der Waals surface area contributed by atoms with Crippen LogP contribution >= 0.6 is 11.8 Å². The van der Waals surface area contributed by atoms with Crippen molar-refractivity contribution in [2.24, 2.45) is 0 Å². The second-order valence-electron chi connectivity index (χ2n) is 7.09. The number of carbonyl (C=O) groups is 2. The molecule has 0 aliphatic rings. The van der Waals surface area contributed by atoms with Crippen molar-refractivity contribution in [2.45, 2.75) is 31.2 Å². The van der Waals surface area contributed by atoms with Gasteiger partial charge < -0.3 is 18.9 Å². The van der Waals surface area contributed by atoms with Gasteiger partial charge in [0.15, 0.2) is 6.61 Å². The highest BCUT2D eigenvalue weighted by Crippen LogP contribution is 2.27. The summed E-state index contributed by atoms with van der Waals surface area (Å²) in [5.41, 5.74) is 2.94. The number of aryl methyl sites for hydroxylation is 2. The van der Waals surface area contributed by atoms with Crippen molar-refractivity contribution in [3.8, 4) is 5.75 Å². The van der Waals surface area contributed by atoms with E-state index in [1.54, 1.807) is 32.5 Å². The molecule has 32 heavy (non-hydrogen) atoms. The van der Waals surface area contributed by atoms with E-state index in [0.717, 1.165) is 22.6 Å². The van der Waals surface area contributed by atoms with Crippen LogP contribution in [0.4, 0.5) is 0 Å². The number of ether oxygens (including phenoxy) is 2. The van der Waals surface area contributed by atoms with Gasteiger partial charge in [0.25, 0.3) is 5.91 Å². The lowest BCUT2D eigenvalue weighted by Gasteiger charge is -2.19. The first-order valence-electron chi connectivity index (χ1n) is 9.93. The number of hydrogen-bond donors (Lipinski definition) is 0. The first-order chi connectivity index (χ1) is 15.4. The Balaban J connectivity index is 1.59. The number of esters is 1. The van der Waals surface area contributed by atoms with Crippen LogP contribution in [0.2, 0.25) is 0 Å². The molecule has 0 aliphatic carbocycles. The Morgan fingerprint density at radius 1 is 1.16 bits per heavy atom. The SMILES string of the molecule is COc1ccccc1CN(C)C(=O)COC(=O)c1cccnc1SCc1c(C)noc1C. The molecule has 2 heterocycles. The molecule has 0 bridgehead atoms. The van der Waals surface area contributed by atoms with Gasteiger partial charge in [-0.25, -0.2) is 9.78 Å². The molecule has 0 saturated heterocycles. The zero-order valence-corrected chi connectivity index (χ0v) is 19.3. The summed E-state index contributed by atoms with van der Waals surface area (Å²) in [6.07, 6.45) is 1.61. The van der Waals surface area contributed by atoms with Crippen molar-refractivity contribution >= 4 is 23.6 Å². The molecule has 2 aromatic heterocycles. The fraction of sp³-hybridized carbons (Fsp3) is 0.304. The van der Waals surface area contributed by atoms with Gasteiger partial charge in [0.1, 0.15) is 16.5 Å². The molecule has 9 heteroatoms. The van der Waals surface area contributed by atoms with Gasteiger partial charge in [-0.1, -0.05) is 23.4 Å². The molecular formula is C23H25N3O5S. The number of benzene rings is 1. The van der Waals surface area contributed by atoms with E-state index in [4.69, 9.17) is 14.0 Å². The number of para-hydroxylation sites is 1. The standard InChI is InChI=1S/C23H25N3O5S/c1-15-19(16(2)31-25-15)14-32-22-18(9-7-11-24-22)23(28)30-13-21(27)26(3)12-17-8-5-6-10-20(17)29-4/h5-11H,12-14H2,1-4H3. The van der Waals surface area contributed by atoms with Crippen LogP contribution in [-0.4, -0.2) is 47.7 Å². The smallest absolute Gasteiger partial charge is 0.341 e. The molecule has 3 rings (SSSR count). The van der Waals surface area contributed by atoms with Crippen LogP contribution in [0.5, 0.6) is 5.75 Å². The maximum Gasteiger partial charge on any atom is 0.341 e. The molecule has 0 atom stereocenters. The molecule has 1 amide bonds. The number of hydrogen-bond acceptors (Lipinski definition) is 8. The molecule has 0 unspecified atom stereocenters. The van der Waals surface area contributed by atoms with Gasteiger partial charge in [0.2, 0.25) is 0 Å². The Bertz CT molecular complexity index is 1080. The van der Waals surface area contributed by atoms with E-state index < -0.39 is 5.97 Å². The third-order valence-electron chi connectivity index (χ3n) is 4.88. The Kier molecular flexibility index (Phi) is 7.88. The van der Waals surface area contributed by atoms with Gasteiger partial charge in [0.05, 0.1) is 18.4 Å². The number of amides is 1. The minimum atomic E-state index is -0.599. The Morgan fingerprint density at radius 2 is 1.94 bits per heavy atom. The number of carbonyl (C=O) groups excluding carboxylic acids is 2. The molecule has 8 nitrogen and oxygen atoms in total. The molecule has 0 radical (unpaired) electrons. The molecule has 0 N–H and O–H groups in total. The van der Waals surface area contributed by atoms with Crippen molar-refractivity contribution < 1.29 is 23.6 Å². The molecule has 168 valence electrons. The molecule has 0 saturated carbocycles. The average molecular weight is 456 g/mol. The predicted molar refractivity (Wildman–Crippen MR) is 120 cm³/mol. The summed E-state index contributed by atoms with van der Waals surface area (Å²) in [6.45, 7) is 3.68. The predicted octanol–water partition coefficient (Wildman–Crippen LogP) is 3.80. The molecule has 3 aromatic rings. The van der Waals surface area contributed by atoms with E-state index in [-0.39, 0.29) is 12.5 Å². The normalized spacial score (nSPS) is 10.6. The van der Waals surface area contributed by atoms with Gasteiger partial charge in [-0.2, -0.15) is 0 Å². The zero-order valence-electron chi connectivity index (χ0n) is 18.5. The first kappa shape index (κ1) is 23.3. The Morgan fingerprint density at radius 3 is 2.66 bits per heavy atom. The maximum atomic E-state index is 12.6. The van der Waals surface area contributed by atoms with E-state index in [1.165, 1.54) is 16.7 Å². The lowest BCUT2D eigenvalue weighted by Crippen LogP contribution is -2.31. The van der Waals surface area contributed by atoms with Gasteiger partial charge in [-0.05, 0) is 32.0 Å². The molecule has 0 spiro atoms. The van der Waals surface area contributed by atoms with Crippen molar-refractivity contribution in [3.05, 3.63) is 70.7 Å². The van der Waals surface area contributed by atoms with Crippen LogP contribution < -0.4 is 4.74 Å². The van der Waals surface area contributed by atoms with Crippen molar-refractivity contribution in [3.63, 3.8) is 0 Å². The van der Waals surface area contributed by atoms with Crippen LogP contribution in [0.1, 0.15) is 32.9 Å². The number of likely N-dealkylation sites (N-methyl/N-ethyl adjacent to an activating group) is 1. The third-order valence-corrected chi connectivity index (χ3v) is 5.91. The minimum absolute atomic E-state index is 0.310. The molecular weight excluding hydrogens is 430 g/mol. The highest BCUT2D eigenvalue weighted by Gasteiger charge is 2.19. The quantitative estimate of drug-likeness (QED) is 0.355. The lowest BCUT2D eigenvalue weighted by atomic mass is 10.2. The number of rotatable bonds is 9. The fourth-order valence-electron chi connectivity index (χ4n) is 3.00. The van der Waals surface area contributed by atoms with E-state index in [2.05, 4.69) is 10.1 Å². The van der Waals surface area contributed by atoms with Crippen molar-refractivity contribution in [2.75, 3.05) is 20.8 Å². The monoisotopic (exact) mass is 455 g/mol. The summed E-state index contributed by atoms with van der Waals surface area (Å²) in [5, 5.41) is 4.46. The summed E-state index contributed by atoms with van der Waals surface area (Å²) >= 11 is 1.39. The number of aromatic nitrogens is 2. The second-order valence-corrected chi connectivity index (χ2v) is 8.05. The number of pyridine rings is 1. The van der Waals surface area contributed by atoms with Crippen molar-refractivity contribution in [1.29, 1.82) is 0 Å². The molecule has 0 fully saturated rings. The average Bonchev–Trinajstić information content (AvgIpc) is 3.13. The van der Waals surface area contributed by atoms with Crippen LogP contribution in [0.15, 0.2) is 52.1 Å². The topological polar surface area (TPSA) is 94.8 Å². The van der Waals surface area contributed by atoms with Crippen LogP contribution in [0, 0.1) is 13.8 Å². The zero-order chi connectivity index (χ0) is 23.1. The molecule has 0 aliphatic heterocycles. The van der Waals surface area contributed by atoms with E-state index >= 15 is 0 Å². The van der Waals surface area contributed by atoms with Gasteiger partial charge in [-0.3, -0.25) is 4.79 Å².